The van der Waals surface area contributed by atoms with E-state index >= 15 is 0 Å². The van der Waals surface area contributed by atoms with Crippen LogP contribution in [0.15, 0.2) is 6.33 Å². The minimum Gasteiger partial charge on any atom is -0.340 e. The second-order valence-corrected chi connectivity index (χ2v) is 4.53. The molecule has 0 saturated heterocycles. The number of fused-ring (bicyclic) bond motifs is 1. The number of aromatic nitrogens is 6. The third-order valence-electron chi connectivity index (χ3n) is 2.64. The summed E-state index contributed by atoms with van der Waals surface area (Å²) in [5, 5.41) is 5.07. The summed E-state index contributed by atoms with van der Waals surface area (Å²) in [6, 6.07) is 0. The van der Waals surface area contributed by atoms with Crippen LogP contribution in [0.5, 0.6) is 0 Å². The minimum atomic E-state index is 0.119. The van der Waals surface area contributed by atoms with Crippen molar-refractivity contribution in [2.45, 2.75) is 13.8 Å². The van der Waals surface area contributed by atoms with E-state index in [4.69, 9.17) is 23.2 Å². The van der Waals surface area contributed by atoms with Gasteiger partial charge in [-0.05, 0) is 25.4 Å². The van der Waals surface area contributed by atoms with Gasteiger partial charge in [0, 0.05) is 0 Å². The molecule has 0 aliphatic rings. The molecule has 0 aromatic carbocycles. The standard InChI is InChI=1S/C10H8Cl2N6/c1-4-6(11)5(2)18(17-4)9-7-8(14-3-13-7)15-10(12)16-9/h3H,1-2H3,(H,13,14,15,16). The number of aromatic amines is 1. The molecule has 8 heteroatoms. The van der Waals surface area contributed by atoms with Gasteiger partial charge in [0.15, 0.2) is 11.5 Å². The van der Waals surface area contributed by atoms with Gasteiger partial charge in [-0.1, -0.05) is 11.6 Å². The van der Waals surface area contributed by atoms with E-state index in [2.05, 4.69) is 25.0 Å². The molecule has 3 aromatic heterocycles. The summed E-state index contributed by atoms with van der Waals surface area (Å²) in [6.45, 7) is 3.69. The summed E-state index contributed by atoms with van der Waals surface area (Å²) in [6.07, 6.45) is 1.53. The van der Waals surface area contributed by atoms with Gasteiger partial charge < -0.3 is 4.98 Å². The van der Waals surface area contributed by atoms with Crippen molar-refractivity contribution in [3.63, 3.8) is 0 Å². The largest absolute Gasteiger partial charge is 0.340 e. The zero-order chi connectivity index (χ0) is 12.9. The summed E-state index contributed by atoms with van der Waals surface area (Å²) in [7, 11) is 0. The Kier molecular flexibility index (Phi) is 2.49. The molecule has 0 radical (unpaired) electrons. The third-order valence-corrected chi connectivity index (χ3v) is 3.36. The van der Waals surface area contributed by atoms with Crippen molar-refractivity contribution in [3.05, 3.63) is 28.0 Å². The van der Waals surface area contributed by atoms with Crippen LogP contribution in [0.2, 0.25) is 10.3 Å². The van der Waals surface area contributed by atoms with Gasteiger partial charge in [-0.2, -0.15) is 15.1 Å². The van der Waals surface area contributed by atoms with Crippen molar-refractivity contribution >= 4 is 34.4 Å². The lowest BCUT2D eigenvalue weighted by Crippen LogP contribution is -2.04. The molecule has 3 aromatic rings. The lowest BCUT2D eigenvalue weighted by Gasteiger charge is -2.04. The molecule has 0 aliphatic heterocycles. The second-order valence-electron chi connectivity index (χ2n) is 3.81. The zero-order valence-electron chi connectivity index (χ0n) is 9.57. The van der Waals surface area contributed by atoms with Gasteiger partial charge in [0.25, 0.3) is 0 Å². The van der Waals surface area contributed by atoms with Crippen LogP contribution >= 0.6 is 23.2 Å². The highest BCUT2D eigenvalue weighted by atomic mass is 35.5. The molecule has 0 bridgehead atoms. The van der Waals surface area contributed by atoms with E-state index in [0.717, 1.165) is 11.4 Å². The van der Waals surface area contributed by atoms with Gasteiger partial charge in [-0.15, -0.1) is 0 Å². The lowest BCUT2D eigenvalue weighted by molar-refractivity contribution is 0.808. The Morgan fingerprint density at radius 1 is 1.22 bits per heavy atom. The fraction of sp³-hybridized carbons (Fsp3) is 0.200. The predicted octanol–water partition coefficient (Wildman–Crippen LogP) is 2.46. The normalized spacial score (nSPS) is 11.3. The lowest BCUT2D eigenvalue weighted by atomic mass is 10.4. The molecule has 18 heavy (non-hydrogen) atoms. The van der Waals surface area contributed by atoms with Gasteiger partial charge in [0.05, 0.1) is 22.7 Å². The van der Waals surface area contributed by atoms with Gasteiger partial charge in [-0.25, -0.2) is 9.67 Å². The number of halogens is 2. The number of H-pyrrole nitrogens is 1. The van der Waals surface area contributed by atoms with E-state index in [0.29, 0.717) is 22.0 Å². The molecule has 0 fully saturated rings. The van der Waals surface area contributed by atoms with Gasteiger partial charge >= 0.3 is 0 Å². The molecule has 0 unspecified atom stereocenters. The van der Waals surface area contributed by atoms with Crippen molar-refractivity contribution in [1.29, 1.82) is 0 Å². The maximum absolute atomic E-state index is 6.13. The molecule has 1 N–H and O–H groups in total. The fourth-order valence-corrected chi connectivity index (χ4v) is 2.05. The molecule has 0 amide bonds. The minimum absolute atomic E-state index is 0.119. The number of hydrogen-bond donors (Lipinski definition) is 1. The molecule has 3 rings (SSSR count). The number of aryl methyl sites for hydroxylation is 1. The number of hydrogen-bond acceptors (Lipinski definition) is 4. The third kappa shape index (κ3) is 1.57. The maximum atomic E-state index is 6.13. The highest BCUT2D eigenvalue weighted by Gasteiger charge is 2.16. The van der Waals surface area contributed by atoms with E-state index in [1.165, 1.54) is 6.33 Å². The molecular formula is C10H8Cl2N6. The molecule has 6 nitrogen and oxygen atoms in total. The molecule has 0 aliphatic carbocycles. The Balaban J connectivity index is 2.37. The van der Waals surface area contributed by atoms with Crippen LogP contribution in [0.3, 0.4) is 0 Å². The molecular weight excluding hydrogens is 275 g/mol. The van der Waals surface area contributed by atoms with Crippen LogP contribution in [-0.4, -0.2) is 29.7 Å². The van der Waals surface area contributed by atoms with Gasteiger partial charge in [0.2, 0.25) is 5.28 Å². The Labute approximate surface area is 112 Å². The smallest absolute Gasteiger partial charge is 0.226 e. The Bertz CT molecular complexity index is 744. The van der Waals surface area contributed by atoms with E-state index in [9.17, 15) is 0 Å². The molecule has 0 spiro atoms. The number of nitrogens with one attached hydrogen (secondary N) is 1. The van der Waals surface area contributed by atoms with Crippen LogP contribution in [0, 0.1) is 13.8 Å². The molecule has 0 saturated carbocycles. The summed E-state index contributed by atoms with van der Waals surface area (Å²) >= 11 is 12.0. The summed E-state index contributed by atoms with van der Waals surface area (Å²) in [5.41, 5.74) is 2.69. The van der Waals surface area contributed by atoms with Crippen molar-refractivity contribution in [2.24, 2.45) is 0 Å². The Hall–Kier alpha value is -1.66. The molecule has 3 heterocycles. The van der Waals surface area contributed by atoms with Crippen LogP contribution < -0.4 is 0 Å². The first-order chi connectivity index (χ1) is 8.58. The number of imidazole rings is 1. The van der Waals surface area contributed by atoms with Crippen LogP contribution in [0.4, 0.5) is 0 Å². The highest BCUT2D eigenvalue weighted by Crippen LogP contribution is 2.24. The van der Waals surface area contributed by atoms with Crippen molar-refractivity contribution < 1.29 is 0 Å². The Morgan fingerprint density at radius 3 is 2.67 bits per heavy atom. The van der Waals surface area contributed by atoms with Crippen molar-refractivity contribution in [2.75, 3.05) is 0 Å². The van der Waals surface area contributed by atoms with Gasteiger partial charge in [0.1, 0.15) is 5.52 Å². The Morgan fingerprint density at radius 2 is 2.00 bits per heavy atom. The first-order valence-electron chi connectivity index (χ1n) is 5.16. The van der Waals surface area contributed by atoms with E-state index in [1.807, 2.05) is 13.8 Å². The average Bonchev–Trinajstić information content (AvgIpc) is 2.88. The first kappa shape index (κ1) is 11.4. The van der Waals surface area contributed by atoms with Crippen molar-refractivity contribution in [1.82, 2.24) is 29.7 Å². The number of nitrogens with zero attached hydrogens (tertiary/aromatic N) is 5. The SMILES string of the molecule is Cc1nn(-c2nc(Cl)nc3nc[nH]c23)c(C)c1Cl. The van der Waals surface area contributed by atoms with E-state index in [1.54, 1.807) is 4.68 Å². The average molecular weight is 283 g/mol. The summed E-state index contributed by atoms with van der Waals surface area (Å²) in [4.78, 5) is 15.2. The summed E-state index contributed by atoms with van der Waals surface area (Å²) < 4.78 is 1.63. The molecule has 0 atom stereocenters. The summed E-state index contributed by atoms with van der Waals surface area (Å²) in [5.74, 6) is 0.537. The van der Waals surface area contributed by atoms with Gasteiger partial charge in [-0.3, -0.25) is 0 Å². The fourth-order valence-electron chi connectivity index (χ4n) is 1.78. The molecule has 92 valence electrons. The quantitative estimate of drug-likeness (QED) is 0.696. The van der Waals surface area contributed by atoms with Crippen LogP contribution in [-0.2, 0) is 0 Å². The van der Waals surface area contributed by atoms with Crippen LogP contribution in [0.1, 0.15) is 11.4 Å². The highest BCUT2D eigenvalue weighted by molar-refractivity contribution is 6.31. The van der Waals surface area contributed by atoms with E-state index < -0.39 is 0 Å². The van der Waals surface area contributed by atoms with Crippen molar-refractivity contribution in [3.8, 4) is 5.82 Å². The monoisotopic (exact) mass is 282 g/mol. The zero-order valence-corrected chi connectivity index (χ0v) is 11.1. The number of rotatable bonds is 1. The second kappa shape index (κ2) is 3.93. The maximum Gasteiger partial charge on any atom is 0.226 e. The van der Waals surface area contributed by atoms with E-state index in [-0.39, 0.29) is 5.28 Å². The predicted molar refractivity (Wildman–Crippen MR) is 68.3 cm³/mol. The first-order valence-corrected chi connectivity index (χ1v) is 5.92. The van der Waals surface area contributed by atoms with Crippen LogP contribution in [0.25, 0.3) is 17.0 Å². The topological polar surface area (TPSA) is 72.3 Å².